The third-order valence-electron chi connectivity index (χ3n) is 8.69. The summed E-state index contributed by atoms with van der Waals surface area (Å²) < 4.78 is 177. The highest BCUT2D eigenvalue weighted by molar-refractivity contribution is 7.69. The van der Waals surface area contributed by atoms with Crippen molar-refractivity contribution in [3.63, 3.8) is 0 Å². The monoisotopic (exact) mass is 854 g/mol. The number of halogens is 12. The molecular weight excluding hydrogens is 826 g/mol. The van der Waals surface area contributed by atoms with Gasteiger partial charge in [-0.25, -0.2) is 0 Å². The first-order valence-corrected chi connectivity index (χ1v) is 19.5. The molecule has 2 nitrogen and oxygen atoms in total. The van der Waals surface area contributed by atoms with Gasteiger partial charge in [-0.15, -0.1) is 0 Å². The fraction of sp³-hybridized carbons (Fsp3) is 0.143. The summed E-state index contributed by atoms with van der Waals surface area (Å²) in [5.41, 5.74) is -3.08. The lowest BCUT2D eigenvalue weighted by Crippen LogP contribution is -2.24. The zero-order valence-corrected chi connectivity index (χ0v) is 31.2. The lowest BCUT2D eigenvalue weighted by Gasteiger charge is -2.34. The summed E-state index contributed by atoms with van der Waals surface area (Å²) in [7, 11) is -4.52. The van der Waals surface area contributed by atoms with Crippen LogP contribution in [0.4, 0.5) is 52.7 Å². The average Bonchev–Trinajstić information content (AvgIpc) is 3.19. The van der Waals surface area contributed by atoms with Crippen LogP contribution in [0.25, 0.3) is 0 Å². The first kappa shape index (κ1) is 42.9. The normalized spacial score (nSPS) is 13.8. The van der Waals surface area contributed by atoms with E-state index in [4.69, 9.17) is 9.05 Å². The van der Waals surface area contributed by atoms with E-state index in [-0.39, 0.29) is 21.2 Å². The van der Waals surface area contributed by atoms with Crippen molar-refractivity contribution < 1.29 is 61.7 Å². The molecule has 6 aromatic rings. The van der Waals surface area contributed by atoms with Gasteiger partial charge in [0.2, 0.25) is 0 Å². The molecule has 0 aliphatic rings. The molecule has 16 heteroatoms. The molecule has 6 aromatic carbocycles. The zero-order valence-electron chi connectivity index (χ0n) is 29.4. The minimum Gasteiger partial charge on any atom is -0.339 e. The van der Waals surface area contributed by atoms with E-state index < -0.39 is 75.5 Å². The molecule has 2 atom stereocenters. The number of hydrogen-bond donors (Lipinski definition) is 0. The molecule has 0 saturated heterocycles. The maximum atomic E-state index is 13.6. The van der Waals surface area contributed by atoms with Gasteiger partial charge in [0.15, 0.2) is 0 Å². The predicted octanol–water partition coefficient (Wildman–Crippen LogP) is 12.7. The maximum absolute atomic E-state index is 13.6. The van der Waals surface area contributed by atoms with Gasteiger partial charge in [0.1, 0.15) is 12.2 Å². The molecule has 0 unspecified atom stereocenters. The van der Waals surface area contributed by atoms with Crippen LogP contribution in [-0.4, -0.2) is 0 Å². The number of hydrogen-bond acceptors (Lipinski definition) is 2. The number of rotatable bonds is 11. The van der Waals surface area contributed by atoms with Gasteiger partial charge in [0, 0.05) is 21.2 Å². The Kier molecular flexibility index (Phi) is 12.7. The van der Waals surface area contributed by atoms with Gasteiger partial charge in [0.05, 0.1) is 38.6 Å². The molecule has 0 amide bonds. The van der Waals surface area contributed by atoms with Crippen molar-refractivity contribution in [1.29, 1.82) is 0 Å². The molecule has 0 radical (unpaired) electrons. The highest BCUT2D eigenvalue weighted by Gasteiger charge is 2.38. The van der Waals surface area contributed by atoms with Crippen molar-refractivity contribution in [2.75, 3.05) is 0 Å². The second kappa shape index (κ2) is 17.2. The summed E-state index contributed by atoms with van der Waals surface area (Å²) in [6.45, 7) is 0. The highest BCUT2D eigenvalue weighted by Crippen LogP contribution is 2.52. The third kappa shape index (κ3) is 10.5. The molecule has 0 saturated carbocycles. The molecular formula is C42H28F12O2P2. The Morgan fingerprint density at radius 3 is 0.690 bits per heavy atom. The van der Waals surface area contributed by atoms with Gasteiger partial charge in [-0.05, 0) is 59.7 Å². The molecule has 0 N–H and O–H groups in total. The first-order chi connectivity index (χ1) is 27.3. The Morgan fingerprint density at radius 1 is 0.293 bits per heavy atom. The lowest BCUT2D eigenvalue weighted by molar-refractivity contribution is -0.138. The Bertz CT molecular complexity index is 1950. The van der Waals surface area contributed by atoms with E-state index in [0.29, 0.717) is 11.1 Å². The Balaban J connectivity index is 1.52. The average molecular weight is 855 g/mol. The maximum Gasteiger partial charge on any atom is 0.416 e. The second-order valence-electron chi connectivity index (χ2n) is 12.6. The summed E-state index contributed by atoms with van der Waals surface area (Å²) in [6, 6.07) is 32.3. The highest BCUT2D eigenvalue weighted by atomic mass is 31.1. The van der Waals surface area contributed by atoms with Crippen LogP contribution < -0.4 is 21.2 Å². The Morgan fingerprint density at radius 2 is 0.500 bits per heavy atom. The van der Waals surface area contributed by atoms with E-state index in [9.17, 15) is 52.7 Å². The summed E-state index contributed by atoms with van der Waals surface area (Å²) in [5, 5.41) is 0.734. The second-order valence-corrected chi connectivity index (χ2v) is 16.3. The van der Waals surface area contributed by atoms with Crippen LogP contribution in [0.2, 0.25) is 0 Å². The molecule has 0 aromatic heterocycles. The van der Waals surface area contributed by atoms with Gasteiger partial charge in [0.25, 0.3) is 0 Å². The van der Waals surface area contributed by atoms with Crippen molar-refractivity contribution >= 4 is 37.5 Å². The Hall–Kier alpha value is -4.74. The number of alkyl halides is 12. The van der Waals surface area contributed by atoms with Gasteiger partial charge in [-0.3, -0.25) is 0 Å². The van der Waals surface area contributed by atoms with Gasteiger partial charge in [-0.1, -0.05) is 109 Å². The van der Waals surface area contributed by atoms with Crippen LogP contribution in [0.3, 0.4) is 0 Å². The number of benzene rings is 6. The summed E-state index contributed by atoms with van der Waals surface area (Å²) in [4.78, 5) is 0. The van der Waals surface area contributed by atoms with Gasteiger partial charge >= 0.3 is 24.7 Å². The largest absolute Gasteiger partial charge is 0.416 e. The molecule has 0 aliphatic carbocycles. The van der Waals surface area contributed by atoms with Crippen molar-refractivity contribution in [2.24, 2.45) is 0 Å². The van der Waals surface area contributed by atoms with E-state index in [1.807, 2.05) is 0 Å². The minimum atomic E-state index is -4.71. The summed E-state index contributed by atoms with van der Waals surface area (Å²) in [5.74, 6) is 0. The molecule has 0 fully saturated rings. The van der Waals surface area contributed by atoms with Gasteiger partial charge < -0.3 is 9.05 Å². The van der Waals surface area contributed by atoms with Crippen LogP contribution in [0.1, 0.15) is 45.6 Å². The zero-order chi connectivity index (χ0) is 41.9. The Labute approximate surface area is 326 Å². The van der Waals surface area contributed by atoms with E-state index in [1.165, 1.54) is 0 Å². The van der Waals surface area contributed by atoms with Crippen molar-refractivity contribution in [2.45, 2.75) is 36.9 Å². The SMILES string of the molecule is FC(F)(F)c1ccc(P(O[C@@H](c2ccccc2)[C@@H](OP(c2ccc(C(F)(F)F)cc2)c2ccc(C(F)(F)F)cc2)c2ccccc2)c2ccc(C(F)(F)F)cc2)cc1. The quantitative estimate of drug-likeness (QED) is 0.0955. The molecule has 6 rings (SSSR count). The van der Waals surface area contributed by atoms with Crippen molar-refractivity contribution in [1.82, 2.24) is 0 Å². The third-order valence-corrected chi connectivity index (χ3v) is 12.6. The van der Waals surface area contributed by atoms with Gasteiger partial charge in [-0.2, -0.15) is 52.7 Å². The molecule has 0 heterocycles. The van der Waals surface area contributed by atoms with Crippen LogP contribution >= 0.6 is 16.3 Å². The van der Waals surface area contributed by atoms with E-state index >= 15 is 0 Å². The minimum absolute atomic E-state index is 0.184. The molecule has 58 heavy (non-hydrogen) atoms. The van der Waals surface area contributed by atoms with Crippen LogP contribution in [-0.2, 0) is 33.8 Å². The van der Waals surface area contributed by atoms with E-state index in [0.717, 1.165) is 97.1 Å². The smallest absolute Gasteiger partial charge is 0.339 e. The van der Waals surface area contributed by atoms with Crippen LogP contribution in [0.5, 0.6) is 0 Å². The lowest BCUT2D eigenvalue weighted by atomic mass is 9.98. The fourth-order valence-corrected chi connectivity index (χ4v) is 9.46. The first-order valence-electron chi connectivity index (χ1n) is 17.0. The standard InChI is InChI=1S/C42H28F12O2P2/c43-39(44,45)29-11-19-33(20-12-29)57(34-21-13-30(14-22-34)40(46,47)48)55-37(27-7-3-1-4-8-27)38(28-9-5-2-6-10-28)56-58(35-23-15-31(16-24-35)41(49,50)51)36-25-17-32(18-26-36)42(52,53)54/h1-26,37-38H/t37-,38-/m0/s1. The topological polar surface area (TPSA) is 18.5 Å². The van der Waals surface area contributed by atoms with E-state index in [2.05, 4.69) is 0 Å². The van der Waals surface area contributed by atoms with Crippen molar-refractivity contribution in [3.05, 3.63) is 191 Å². The molecule has 0 bridgehead atoms. The van der Waals surface area contributed by atoms with Crippen LogP contribution in [0.15, 0.2) is 158 Å². The van der Waals surface area contributed by atoms with Crippen LogP contribution in [0, 0.1) is 0 Å². The van der Waals surface area contributed by atoms with E-state index in [1.54, 1.807) is 60.7 Å². The summed E-state index contributed by atoms with van der Waals surface area (Å²) >= 11 is 0. The van der Waals surface area contributed by atoms with Crippen molar-refractivity contribution in [3.8, 4) is 0 Å². The molecule has 0 aliphatic heterocycles. The molecule has 302 valence electrons. The fourth-order valence-electron chi connectivity index (χ4n) is 5.78. The predicted molar refractivity (Wildman–Crippen MR) is 199 cm³/mol. The summed E-state index contributed by atoms with van der Waals surface area (Å²) in [6.07, 6.45) is -21.3. The molecule has 0 spiro atoms.